The molecule has 0 aromatic heterocycles. The molecule has 4 aromatic rings. The zero-order chi connectivity index (χ0) is 22.2. The van der Waals surface area contributed by atoms with Crippen LogP contribution < -0.4 is 18.5 Å². The standard InChI is InChI=1S/C26H24N2O2S2/c1-29-21-15-13-20(14-16-21)28(32-24-11-7-4-8-12-24)26-19-22(30-2)17-18-25(26)27-31-23-9-5-3-6-10-23/h3-19,27H,1-2H3. The monoisotopic (exact) mass is 460 g/mol. The molecule has 0 spiro atoms. The lowest BCUT2D eigenvalue weighted by Crippen LogP contribution is -2.09. The predicted octanol–water partition coefficient (Wildman–Crippen LogP) is 7.67. The molecule has 32 heavy (non-hydrogen) atoms. The Kier molecular flexibility index (Phi) is 7.48. The van der Waals surface area contributed by atoms with Crippen LogP contribution in [0, 0.1) is 0 Å². The van der Waals surface area contributed by atoms with Crippen molar-refractivity contribution in [2.45, 2.75) is 9.79 Å². The molecule has 0 amide bonds. The van der Waals surface area contributed by atoms with Crippen molar-refractivity contribution in [3.8, 4) is 11.5 Å². The van der Waals surface area contributed by atoms with Gasteiger partial charge in [-0.3, -0.25) is 4.31 Å². The number of benzene rings is 4. The van der Waals surface area contributed by atoms with Gasteiger partial charge in [0.1, 0.15) is 11.5 Å². The number of methoxy groups -OCH3 is 2. The van der Waals surface area contributed by atoms with Crippen LogP contribution >= 0.6 is 23.9 Å². The van der Waals surface area contributed by atoms with Gasteiger partial charge in [0.05, 0.1) is 31.3 Å². The number of rotatable bonds is 9. The van der Waals surface area contributed by atoms with Crippen molar-refractivity contribution < 1.29 is 9.47 Å². The van der Waals surface area contributed by atoms with Crippen LogP contribution in [0.15, 0.2) is 113 Å². The maximum atomic E-state index is 5.55. The van der Waals surface area contributed by atoms with Crippen LogP contribution in [0.25, 0.3) is 0 Å². The SMILES string of the molecule is COc1ccc(N(Sc2ccccc2)c2cc(OC)ccc2NSc2ccccc2)cc1. The van der Waals surface area contributed by atoms with E-state index in [0.717, 1.165) is 38.4 Å². The molecule has 0 atom stereocenters. The van der Waals surface area contributed by atoms with Crippen molar-refractivity contribution in [3.63, 3.8) is 0 Å². The van der Waals surface area contributed by atoms with Crippen molar-refractivity contribution in [2.24, 2.45) is 0 Å². The number of anilines is 3. The van der Waals surface area contributed by atoms with Crippen LogP contribution in [0.3, 0.4) is 0 Å². The summed E-state index contributed by atoms with van der Waals surface area (Å²) in [6.07, 6.45) is 0. The normalized spacial score (nSPS) is 10.4. The van der Waals surface area contributed by atoms with Crippen molar-refractivity contribution in [3.05, 3.63) is 103 Å². The minimum atomic E-state index is 0.794. The first-order chi connectivity index (χ1) is 15.8. The lowest BCUT2D eigenvalue weighted by molar-refractivity contribution is 0.414. The minimum Gasteiger partial charge on any atom is -0.497 e. The highest BCUT2D eigenvalue weighted by molar-refractivity contribution is 8.01. The summed E-state index contributed by atoms with van der Waals surface area (Å²) < 4.78 is 16.6. The molecule has 4 nitrogen and oxygen atoms in total. The predicted molar refractivity (Wildman–Crippen MR) is 136 cm³/mol. The van der Waals surface area contributed by atoms with E-state index in [1.54, 1.807) is 38.1 Å². The molecule has 4 aromatic carbocycles. The summed E-state index contributed by atoms with van der Waals surface area (Å²) in [7, 11) is 3.36. The average molecular weight is 461 g/mol. The lowest BCUT2D eigenvalue weighted by atomic mass is 10.2. The Bertz CT molecular complexity index is 1120. The van der Waals surface area contributed by atoms with E-state index in [9.17, 15) is 0 Å². The Hall–Kier alpha value is -3.22. The van der Waals surface area contributed by atoms with Crippen LogP contribution in [0.1, 0.15) is 0 Å². The molecule has 6 heteroatoms. The lowest BCUT2D eigenvalue weighted by Gasteiger charge is -2.26. The van der Waals surface area contributed by atoms with E-state index in [2.05, 4.69) is 45.4 Å². The number of nitrogens with zero attached hydrogens (tertiary/aromatic N) is 1. The average Bonchev–Trinajstić information content (AvgIpc) is 2.87. The molecular weight excluding hydrogens is 436 g/mol. The third-order valence-corrected chi connectivity index (χ3v) is 6.60. The second kappa shape index (κ2) is 10.9. The summed E-state index contributed by atoms with van der Waals surface area (Å²) in [5.74, 6) is 1.62. The van der Waals surface area contributed by atoms with Gasteiger partial charge < -0.3 is 14.2 Å². The largest absolute Gasteiger partial charge is 0.497 e. The maximum Gasteiger partial charge on any atom is 0.121 e. The summed E-state index contributed by atoms with van der Waals surface area (Å²) in [5.41, 5.74) is 3.01. The van der Waals surface area contributed by atoms with Crippen molar-refractivity contribution >= 4 is 41.0 Å². The molecule has 0 fully saturated rings. The first kappa shape index (κ1) is 22.0. The molecular formula is C26H24N2O2S2. The Morgan fingerprint density at radius 1 is 0.656 bits per heavy atom. The molecule has 0 unspecified atom stereocenters. The van der Waals surface area contributed by atoms with Crippen LogP contribution in [0.4, 0.5) is 17.1 Å². The van der Waals surface area contributed by atoms with Crippen molar-refractivity contribution in [1.82, 2.24) is 0 Å². The van der Waals surface area contributed by atoms with E-state index >= 15 is 0 Å². The number of hydrogen-bond donors (Lipinski definition) is 1. The molecule has 1 N–H and O–H groups in total. The van der Waals surface area contributed by atoms with E-state index < -0.39 is 0 Å². The van der Waals surface area contributed by atoms with Gasteiger partial charge in [-0.25, -0.2) is 0 Å². The Balaban J connectivity index is 1.73. The van der Waals surface area contributed by atoms with Crippen LogP contribution in [-0.2, 0) is 0 Å². The Morgan fingerprint density at radius 2 is 1.25 bits per heavy atom. The Labute approximate surface area is 197 Å². The fraction of sp³-hybridized carbons (Fsp3) is 0.0769. The van der Waals surface area contributed by atoms with E-state index in [4.69, 9.17) is 9.47 Å². The number of hydrogen-bond acceptors (Lipinski definition) is 6. The van der Waals surface area contributed by atoms with E-state index in [0.29, 0.717) is 0 Å². The van der Waals surface area contributed by atoms with Gasteiger partial charge in [-0.05, 0) is 84.6 Å². The molecule has 0 saturated heterocycles. The zero-order valence-corrected chi connectivity index (χ0v) is 19.5. The quantitative estimate of drug-likeness (QED) is 0.258. The van der Waals surface area contributed by atoms with Gasteiger partial charge >= 0.3 is 0 Å². The van der Waals surface area contributed by atoms with Gasteiger partial charge in [-0.2, -0.15) is 0 Å². The molecule has 162 valence electrons. The fourth-order valence-corrected chi connectivity index (χ4v) is 4.70. The minimum absolute atomic E-state index is 0.794. The molecule has 0 bridgehead atoms. The summed E-state index contributed by atoms with van der Waals surface area (Å²) in [6.45, 7) is 0. The molecule has 0 aliphatic rings. The van der Waals surface area contributed by atoms with Crippen LogP contribution in [0.5, 0.6) is 11.5 Å². The van der Waals surface area contributed by atoms with E-state index in [1.807, 2.05) is 66.7 Å². The van der Waals surface area contributed by atoms with Gasteiger partial charge in [-0.15, -0.1) is 0 Å². The fourth-order valence-electron chi connectivity index (χ4n) is 3.04. The van der Waals surface area contributed by atoms with Crippen LogP contribution in [0.2, 0.25) is 0 Å². The first-order valence-corrected chi connectivity index (χ1v) is 11.7. The van der Waals surface area contributed by atoms with E-state index in [-0.39, 0.29) is 0 Å². The number of ether oxygens (including phenoxy) is 2. The topological polar surface area (TPSA) is 33.7 Å². The molecule has 0 radical (unpaired) electrons. The van der Waals surface area contributed by atoms with Crippen LogP contribution in [-0.4, -0.2) is 14.2 Å². The third-order valence-electron chi connectivity index (χ3n) is 4.69. The Morgan fingerprint density at radius 3 is 1.88 bits per heavy atom. The summed E-state index contributed by atoms with van der Waals surface area (Å²) in [6, 6.07) is 34.7. The number of nitrogens with one attached hydrogen (secondary N) is 1. The van der Waals surface area contributed by atoms with Gasteiger partial charge in [0.2, 0.25) is 0 Å². The van der Waals surface area contributed by atoms with Gasteiger partial charge in [0, 0.05) is 15.9 Å². The summed E-state index contributed by atoms with van der Waals surface area (Å²) in [5, 5.41) is 0. The second-order valence-electron chi connectivity index (χ2n) is 6.80. The molecule has 0 saturated carbocycles. The highest BCUT2D eigenvalue weighted by atomic mass is 32.2. The highest BCUT2D eigenvalue weighted by Crippen LogP contribution is 2.43. The highest BCUT2D eigenvalue weighted by Gasteiger charge is 2.17. The van der Waals surface area contributed by atoms with Gasteiger partial charge in [0.25, 0.3) is 0 Å². The van der Waals surface area contributed by atoms with E-state index in [1.165, 1.54) is 0 Å². The van der Waals surface area contributed by atoms with Gasteiger partial charge in [-0.1, -0.05) is 36.4 Å². The summed E-state index contributed by atoms with van der Waals surface area (Å²) in [4.78, 5) is 2.27. The first-order valence-electron chi connectivity index (χ1n) is 10.1. The smallest absolute Gasteiger partial charge is 0.121 e. The van der Waals surface area contributed by atoms with Crippen molar-refractivity contribution in [2.75, 3.05) is 23.2 Å². The van der Waals surface area contributed by atoms with Gasteiger partial charge in [0.15, 0.2) is 0 Å². The second-order valence-corrected chi connectivity index (χ2v) is 8.70. The molecule has 0 heterocycles. The van der Waals surface area contributed by atoms with Crippen molar-refractivity contribution in [1.29, 1.82) is 0 Å². The molecule has 0 aliphatic carbocycles. The zero-order valence-electron chi connectivity index (χ0n) is 17.9. The summed E-state index contributed by atoms with van der Waals surface area (Å²) >= 11 is 3.23. The molecule has 0 aliphatic heterocycles. The molecule has 4 rings (SSSR count). The third kappa shape index (κ3) is 5.52. The maximum absolute atomic E-state index is 5.55.